The predicted molar refractivity (Wildman–Crippen MR) is 140 cm³/mol. The van der Waals surface area contributed by atoms with Crippen molar-refractivity contribution in [2.24, 2.45) is 4.99 Å². The van der Waals surface area contributed by atoms with Gasteiger partial charge < -0.3 is 15.5 Å². The molecule has 3 unspecified atom stereocenters. The molecule has 3 N–H and O–H groups in total. The van der Waals surface area contributed by atoms with E-state index in [0.29, 0.717) is 19.3 Å². The van der Waals surface area contributed by atoms with Gasteiger partial charge in [0.25, 0.3) is 0 Å². The molecule has 36 heavy (non-hydrogen) atoms. The largest absolute Gasteiger partial charge is 0.346 e. The number of benzene rings is 2. The van der Waals surface area contributed by atoms with Crippen LogP contribution < -0.4 is 21.3 Å². The summed E-state index contributed by atoms with van der Waals surface area (Å²) < 4.78 is 0. The highest BCUT2D eigenvalue weighted by Crippen LogP contribution is 2.41. The molecule has 3 aliphatic heterocycles. The van der Waals surface area contributed by atoms with E-state index in [-0.39, 0.29) is 23.9 Å². The molecule has 2 amide bonds. The van der Waals surface area contributed by atoms with Gasteiger partial charge in [0.15, 0.2) is 5.78 Å². The number of hydrogen-bond donors (Lipinski definition) is 3. The SMILES string of the molecule is O=C1[N]c2c(cccc2C2CCNC(CC3=CC(=O)C(N4C=NCNC4)C=C3c3ccccc3)C2)N1. The van der Waals surface area contributed by atoms with Gasteiger partial charge in [0.05, 0.1) is 31.1 Å². The molecule has 0 saturated carbocycles. The maximum Gasteiger partial charge on any atom is 0.346 e. The Labute approximate surface area is 210 Å². The third-order valence-electron chi connectivity index (χ3n) is 7.37. The van der Waals surface area contributed by atoms with Crippen LogP contribution in [0.3, 0.4) is 0 Å². The summed E-state index contributed by atoms with van der Waals surface area (Å²) in [6, 6.07) is 15.8. The number of anilines is 1. The van der Waals surface area contributed by atoms with E-state index in [1.54, 1.807) is 6.34 Å². The Balaban J connectivity index is 1.25. The van der Waals surface area contributed by atoms with Gasteiger partial charge in [0, 0.05) is 6.04 Å². The summed E-state index contributed by atoms with van der Waals surface area (Å²) in [7, 11) is 0. The van der Waals surface area contributed by atoms with E-state index in [9.17, 15) is 9.59 Å². The molecule has 1 radical (unpaired) electrons. The van der Waals surface area contributed by atoms with Crippen LogP contribution in [0.25, 0.3) is 5.57 Å². The smallest absolute Gasteiger partial charge is 0.336 e. The van der Waals surface area contributed by atoms with E-state index in [2.05, 4.69) is 50.5 Å². The first kappa shape index (κ1) is 22.7. The Morgan fingerprint density at radius 2 is 1.94 bits per heavy atom. The maximum absolute atomic E-state index is 13.2. The molecule has 4 aliphatic rings. The van der Waals surface area contributed by atoms with Crippen molar-refractivity contribution in [1.29, 1.82) is 0 Å². The second-order valence-electron chi connectivity index (χ2n) is 9.70. The van der Waals surface area contributed by atoms with Gasteiger partial charge in [-0.1, -0.05) is 42.5 Å². The van der Waals surface area contributed by atoms with E-state index in [1.807, 2.05) is 41.3 Å². The average molecular weight is 482 g/mol. The lowest BCUT2D eigenvalue weighted by Crippen LogP contribution is -2.47. The van der Waals surface area contributed by atoms with E-state index < -0.39 is 0 Å². The van der Waals surface area contributed by atoms with Crippen LogP contribution in [0.4, 0.5) is 16.2 Å². The van der Waals surface area contributed by atoms with Crippen LogP contribution in [0, 0.1) is 0 Å². The van der Waals surface area contributed by atoms with Crippen molar-refractivity contribution in [3.8, 4) is 0 Å². The van der Waals surface area contributed by atoms with Crippen LogP contribution >= 0.6 is 0 Å². The van der Waals surface area contributed by atoms with E-state index in [1.165, 1.54) is 0 Å². The fraction of sp³-hybridized carbons (Fsp3) is 0.321. The Bertz CT molecular complexity index is 1270. The van der Waals surface area contributed by atoms with Crippen LogP contribution in [0.1, 0.15) is 36.3 Å². The Morgan fingerprint density at radius 1 is 1.06 bits per heavy atom. The first-order valence-electron chi connectivity index (χ1n) is 12.5. The van der Waals surface area contributed by atoms with Crippen LogP contribution in [0.15, 0.2) is 71.2 Å². The van der Waals surface area contributed by atoms with Crippen molar-refractivity contribution in [2.75, 3.05) is 25.2 Å². The molecule has 0 aromatic heterocycles. The average Bonchev–Trinajstić information content (AvgIpc) is 3.30. The molecule has 6 rings (SSSR count). The molecule has 3 atom stereocenters. The van der Waals surface area contributed by atoms with Crippen LogP contribution in [-0.2, 0) is 4.79 Å². The number of carbonyl (C=O) groups is 2. The summed E-state index contributed by atoms with van der Waals surface area (Å²) in [6.45, 7) is 2.05. The molecule has 1 aliphatic carbocycles. The van der Waals surface area contributed by atoms with Crippen LogP contribution in [0.5, 0.6) is 0 Å². The summed E-state index contributed by atoms with van der Waals surface area (Å²) in [5.74, 6) is 0.381. The number of allylic oxidation sites excluding steroid dienone is 1. The summed E-state index contributed by atoms with van der Waals surface area (Å²) in [4.78, 5) is 31.3. The van der Waals surface area contributed by atoms with Crippen molar-refractivity contribution in [1.82, 2.24) is 20.9 Å². The number of ketones is 1. The Hall–Kier alpha value is -3.75. The number of amides is 2. The highest BCUT2D eigenvalue weighted by atomic mass is 16.2. The molecule has 183 valence electrons. The molecule has 2 aromatic carbocycles. The molecular formula is C28H29N6O2. The van der Waals surface area contributed by atoms with E-state index in [0.717, 1.165) is 59.5 Å². The summed E-state index contributed by atoms with van der Waals surface area (Å²) in [5.41, 5.74) is 5.98. The monoisotopic (exact) mass is 481 g/mol. The van der Waals surface area contributed by atoms with Gasteiger partial charge in [-0.15, -0.1) is 0 Å². The highest BCUT2D eigenvalue weighted by Gasteiger charge is 2.32. The number of rotatable bonds is 5. The lowest BCUT2D eigenvalue weighted by molar-refractivity contribution is -0.117. The molecule has 1 fully saturated rings. The van der Waals surface area contributed by atoms with Gasteiger partial charge >= 0.3 is 6.03 Å². The normalized spacial score (nSPS) is 25.6. The number of nitrogens with one attached hydrogen (secondary N) is 3. The molecule has 1 saturated heterocycles. The zero-order valence-corrected chi connectivity index (χ0v) is 20.0. The molecule has 0 bridgehead atoms. The van der Waals surface area contributed by atoms with Gasteiger partial charge in [0.1, 0.15) is 6.04 Å². The van der Waals surface area contributed by atoms with Gasteiger partial charge in [-0.05, 0) is 72.2 Å². The topological polar surface area (TPSA) is 99.9 Å². The number of para-hydroxylation sites is 1. The van der Waals surface area contributed by atoms with Crippen molar-refractivity contribution in [3.63, 3.8) is 0 Å². The third-order valence-corrected chi connectivity index (χ3v) is 7.37. The summed E-state index contributed by atoms with van der Waals surface area (Å²) >= 11 is 0. The second-order valence-corrected chi connectivity index (χ2v) is 9.70. The zero-order valence-electron chi connectivity index (χ0n) is 20.0. The number of fused-ring (bicyclic) bond motifs is 1. The fourth-order valence-corrected chi connectivity index (χ4v) is 5.68. The fourth-order valence-electron chi connectivity index (χ4n) is 5.68. The van der Waals surface area contributed by atoms with Crippen LogP contribution in [-0.4, -0.2) is 55.0 Å². The zero-order chi connectivity index (χ0) is 24.5. The number of hydrogen-bond acceptors (Lipinski definition) is 6. The van der Waals surface area contributed by atoms with Crippen molar-refractivity contribution in [2.45, 2.75) is 37.3 Å². The lowest BCUT2D eigenvalue weighted by Gasteiger charge is -2.35. The Morgan fingerprint density at radius 3 is 2.78 bits per heavy atom. The molecular weight excluding hydrogens is 452 g/mol. The van der Waals surface area contributed by atoms with E-state index in [4.69, 9.17) is 0 Å². The van der Waals surface area contributed by atoms with Crippen molar-refractivity contribution in [3.05, 3.63) is 77.4 Å². The highest BCUT2D eigenvalue weighted by molar-refractivity contribution is 6.05. The molecule has 8 nitrogen and oxygen atoms in total. The molecule has 0 spiro atoms. The van der Waals surface area contributed by atoms with Gasteiger partial charge in [0.2, 0.25) is 0 Å². The predicted octanol–water partition coefficient (Wildman–Crippen LogP) is 3.50. The quantitative estimate of drug-likeness (QED) is 0.607. The number of aliphatic imine (C=N–C) groups is 1. The number of carbonyl (C=O) groups excluding carboxylic acids is 2. The maximum atomic E-state index is 13.2. The summed E-state index contributed by atoms with van der Waals surface area (Å²) in [6.07, 6.45) is 8.35. The number of urea groups is 1. The molecule has 3 heterocycles. The van der Waals surface area contributed by atoms with Crippen molar-refractivity contribution >= 4 is 35.1 Å². The van der Waals surface area contributed by atoms with Crippen molar-refractivity contribution < 1.29 is 9.59 Å². The first-order valence-corrected chi connectivity index (χ1v) is 12.5. The molecule has 8 heteroatoms. The minimum Gasteiger partial charge on any atom is -0.336 e. The lowest BCUT2D eigenvalue weighted by atomic mass is 9.80. The minimum atomic E-state index is -0.369. The molecule has 2 aromatic rings. The summed E-state index contributed by atoms with van der Waals surface area (Å²) in [5, 5.41) is 13.9. The standard InChI is InChI=1S/C28H29N6O2/c35-26-13-20(23(18-5-2-1-3-6-18)14-25(26)34-16-29-15-30-17-34)12-21-11-19(9-10-31-21)22-7-4-8-24-27(22)33-28(36)32-24/h1-8,13-14,16,19,21,25,30-31H,9-12,15,17H2,(H,32,36). The number of nitrogens with zero attached hydrogens (tertiary/aromatic N) is 3. The second kappa shape index (κ2) is 9.72. The Kier molecular flexibility index (Phi) is 6.13. The van der Waals surface area contributed by atoms with E-state index >= 15 is 0 Å². The number of piperidine rings is 1. The van der Waals surface area contributed by atoms with Gasteiger partial charge in [-0.2, -0.15) is 5.32 Å². The first-order chi connectivity index (χ1) is 17.7. The minimum absolute atomic E-state index is 0.0801. The van der Waals surface area contributed by atoms with Gasteiger partial charge in [-0.25, -0.2) is 4.79 Å². The third kappa shape index (κ3) is 4.45. The van der Waals surface area contributed by atoms with Gasteiger partial charge in [-0.3, -0.25) is 15.1 Å². The van der Waals surface area contributed by atoms with Crippen LogP contribution in [0.2, 0.25) is 0 Å².